The minimum atomic E-state index is -1.20. The number of nitrogens with one attached hydrogen (secondary N) is 1. The molecule has 0 bridgehead atoms. The van der Waals surface area contributed by atoms with Crippen molar-refractivity contribution >= 4 is 28.3 Å². The van der Waals surface area contributed by atoms with Crippen LogP contribution in [-0.2, 0) is 4.79 Å². The minimum absolute atomic E-state index is 0.164. The van der Waals surface area contributed by atoms with E-state index in [2.05, 4.69) is 5.32 Å². The smallest absolute Gasteiger partial charge is 0.339 e. The van der Waals surface area contributed by atoms with Crippen LogP contribution in [-0.4, -0.2) is 22.1 Å². The lowest BCUT2D eigenvalue weighted by Crippen LogP contribution is -2.06. The fraction of sp³-hybridized carbons (Fsp3) is 0.0769. The Labute approximate surface area is 103 Å². The molecule has 0 radical (unpaired) electrons. The standard InChI is InChI=1S/C13H11NO4/c1-7(15)14-11-4-2-3-9-8(11)5-6-10(12(9)16)13(17)18/h2-6,16H,1H3,(H,14,15)(H,17,18). The number of carboxylic acid groups (broad SMARTS) is 1. The van der Waals surface area contributed by atoms with Gasteiger partial charge in [-0.15, -0.1) is 0 Å². The number of amides is 1. The van der Waals surface area contributed by atoms with Crippen molar-refractivity contribution in [2.45, 2.75) is 6.92 Å². The highest BCUT2D eigenvalue weighted by Gasteiger charge is 2.14. The second-order valence-corrected chi connectivity index (χ2v) is 3.85. The van der Waals surface area contributed by atoms with E-state index in [1.165, 1.54) is 13.0 Å². The summed E-state index contributed by atoms with van der Waals surface area (Å²) in [7, 11) is 0. The lowest BCUT2D eigenvalue weighted by Gasteiger charge is -2.09. The lowest BCUT2D eigenvalue weighted by atomic mass is 10.0. The van der Waals surface area contributed by atoms with Crippen LogP contribution in [0, 0.1) is 0 Å². The first-order chi connectivity index (χ1) is 8.50. The maximum atomic E-state index is 11.0. The first-order valence-corrected chi connectivity index (χ1v) is 5.26. The van der Waals surface area contributed by atoms with E-state index in [1.807, 2.05) is 0 Å². The van der Waals surface area contributed by atoms with Crippen LogP contribution in [0.1, 0.15) is 17.3 Å². The number of hydrogen-bond acceptors (Lipinski definition) is 3. The zero-order valence-corrected chi connectivity index (χ0v) is 9.60. The molecule has 0 aliphatic heterocycles. The molecule has 3 N–H and O–H groups in total. The summed E-state index contributed by atoms with van der Waals surface area (Å²) in [6.45, 7) is 1.38. The second kappa shape index (κ2) is 4.37. The first-order valence-electron chi connectivity index (χ1n) is 5.26. The van der Waals surface area contributed by atoms with Gasteiger partial charge in [-0.3, -0.25) is 4.79 Å². The summed E-state index contributed by atoms with van der Waals surface area (Å²) >= 11 is 0. The van der Waals surface area contributed by atoms with Gasteiger partial charge in [0.2, 0.25) is 5.91 Å². The third-order valence-electron chi connectivity index (χ3n) is 2.57. The predicted molar refractivity (Wildman–Crippen MR) is 66.9 cm³/mol. The molecule has 0 fully saturated rings. The summed E-state index contributed by atoms with van der Waals surface area (Å²) in [6.07, 6.45) is 0. The number of carboxylic acids is 1. The molecule has 0 aromatic heterocycles. The quantitative estimate of drug-likeness (QED) is 0.757. The fourth-order valence-electron chi connectivity index (χ4n) is 1.81. The monoisotopic (exact) mass is 245 g/mol. The summed E-state index contributed by atoms with van der Waals surface area (Å²) in [6, 6.07) is 7.79. The van der Waals surface area contributed by atoms with Gasteiger partial charge in [-0.05, 0) is 12.1 Å². The average molecular weight is 245 g/mol. The Balaban J connectivity index is 2.70. The Morgan fingerprint density at radius 2 is 1.83 bits per heavy atom. The van der Waals surface area contributed by atoms with Gasteiger partial charge in [0.15, 0.2) is 0 Å². The largest absolute Gasteiger partial charge is 0.506 e. The molecular weight excluding hydrogens is 234 g/mol. The van der Waals surface area contributed by atoms with Crippen molar-refractivity contribution in [1.29, 1.82) is 0 Å². The van der Waals surface area contributed by atoms with Crippen LogP contribution in [0.2, 0.25) is 0 Å². The van der Waals surface area contributed by atoms with E-state index < -0.39 is 5.97 Å². The summed E-state index contributed by atoms with van der Waals surface area (Å²) in [4.78, 5) is 21.9. The van der Waals surface area contributed by atoms with Crippen LogP contribution in [0.5, 0.6) is 5.75 Å². The normalized spacial score (nSPS) is 10.3. The summed E-state index contributed by atoms with van der Waals surface area (Å²) in [5.74, 6) is -1.73. The Kier molecular flexibility index (Phi) is 2.89. The zero-order valence-electron chi connectivity index (χ0n) is 9.60. The number of rotatable bonds is 2. The Hall–Kier alpha value is -2.56. The number of anilines is 1. The van der Waals surface area contributed by atoms with E-state index >= 15 is 0 Å². The maximum absolute atomic E-state index is 11.0. The van der Waals surface area contributed by atoms with Gasteiger partial charge in [0.1, 0.15) is 11.3 Å². The molecule has 2 rings (SSSR count). The fourth-order valence-corrected chi connectivity index (χ4v) is 1.81. The molecule has 2 aromatic carbocycles. The van der Waals surface area contributed by atoms with E-state index in [0.717, 1.165) is 0 Å². The molecule has 92 valence electrons. The van der Waals surface area contributed by atoms with Gasteiger partial charge in [-0.2, -0.15) is 0 Å². The SMILES string of the molecule is CC(=O)Nc1cccc2c(O)c(C(=O)O)ccc12. The molecule has 5 nitrogen and oxygen atoms in total. The molecule has 0 spiro atoms. The molecule has 2 aromatic rings. The Morgan fingerprint density at radius 1 is 1.11 bits per heavy atom. The first kappa shape index (κ1) is 11.9. The molecule has 0 aliphatic carbocycles. The van der Waals surface area contributed by atoms with Gasteiger partial charge in [-0.1, -0.05) is 18.2 Å². The van der Waals surface area contributed by atoms with Gasteiger partial charge in [0.05, 0.1) is 0 Å². The van der Waals surface area contributed by atoms with Gasteiger partial charge >= 0.3 is 5.97 Å². The number of benzene rings is 2. The molecule has 0 unspecified atom stereocenters. The number of carbonyl (C=O) groups is 2. The van der Waals surface area contributed by atoms with Crippen molar-refractivity contribution in [1.82, 2.24) is 0 Å². The zero-order chi connectivity index (χ0) is 13.3. The predicted octanol–water partition coefficient (Wildman–Crippen LogP) is 2.20. The Bertz CT molecular complexity index is 649. The molecule has 0 aliphatic rings. The molecule has 0 saturated carbocycles. The van der Waals surface area contributed by atoms with Gasteiger partial charge in [0.25, 0.3) is 0 Å². The van der Waals surface area contributed by atoms with E-state index in [9.17, 15) is 14.7 Å². The van der Waals surface area contributed by atoms with Crippen molar-refractivity contribution in [2.75, 3.05) is 5.32 Å². The number of aromatic hydroxyl groups is 1. The average Bonchev–Trinajstić information content (AvgIpc) is 2.29. The van der Waals surface area contributed by atoms with Crippen molar-refractivity contribution in [3.05, 3.63) is 35.9 Å². The van der Waals surface area contributed by atoms with Gasteiger partial charge < -0.3 is 15.5 Å². The van der Waals surface area contributed by atoms with Crippen molar-refractivity contribution in [3.8, 4) is 5.75 Å². The third-order valence-corrected chi connectivity index (χ3v) is 2.57. The van der Waals surface area contributed by atoms with Crippen molar-refractivity contribution < 1.29 is 19.8 Å². The van der Waals surface area contributed by atoms with Crippen LogP contribution in [0.4, 0.5) is 5.69 Å². The van der Waals surface area contributed by atoms with Crippen molar-refractivity contribution in [3.63, 3.8) is 0 Å². The van der Waals surface area contributed by atoms with Crippen LogP contribution >= 0.6 is 0 Å². The summed E-state index contributed by atoms with van der Waals surface area (Å²) in [5.41, 5.74) is 0.370. The summed E-state index contributed by atoms with van der Waals surface area (Å²) < 4.78 is 0. The molecule has 0 heterocycles. The summed E-state index contributed by atoms with van der Waals surface area (Å²) in [5, 5.41) is 22.4. The van der Waals surface area contributed by atoms with Crippen LogP contribution < -0.4 is 5.32 Å². The highest BCUT2D eigenvalue weighted by molar-refractivity contribution is 6.07. The van der Waals surface area contributed by atoms with E-state index in [4.69, 9.17) is 5.11 Å². The number of fused-ring (bicyclic) bond motifs is 1. The van der Waals surface area contributed by atoms with Gasteiger partial charge in [-0.25, -0.2) is 4.79 Å². The maximum Gasteiger partial charge on any atom is 0.339 e. The molecule has 0 atom stereocenters. The van der Waals surface area contributed by atoms with Crippen molar-refractivity contribution in [2.24, 2.45) is 0 Å². The van der Waals surface area contributed by atoms with Crippen LogP contribution in [0.15, 0.2) is 30.3 Å². The molecule has 5 heteroatoms. The second-order valence-electron chi connectivity index (χ2n) is 3.85. The molecular formula is C13H11NO4. The van der Waals surface area contributed by atoms with E-state index in [1.54, 1.807) is 24.3 Å². The van der Waals surface area contributed by atoms with Crippen LogP contribution in [0.3, 0.4) is 0 Å². The number of hydrogen-bond donors (Lipinski definition) is 3. The molecule has 0 saturated heterocycles. The highest BCUT2D eigenvalue weighted by atomic mass is 16.4. The Morgan fingerprint density at radius 3 is 2.44 bits per heavy atom. The van der Waals surface area contributed by atoms with E-state index in [-0.39, 0.29) is 17.2 Å². The lowest BCUT2D eigenvalue weighted by molar-refractivity contribution is -0.114. The topological polar surface area (TPSA) is 86.6 Å². The third kappa shape index (κ3) is 1.98. The minimum Gasteiger partial charge on any atom is -0.506 e. The number of aromatic carboxylic acids is 1. The number of carbonyl (C=O) groups excluding carboxylic acids is 1. The van der Waals surface area contributed by atoms with Gasteiger partial charge in [0, 0.05) is 23.4 Å². The van der Waals surface area contributed by atoms with E-state index in [0.29, 0.717) is 16.5 Å². The molecule has 18 heavy (non-hydrogen) atoms. The van der Waals surface area contributed by atoms with Crippen LogP contribution in [0.25, 0.3) is 10.8 Å². The number of phenols is 1. The highest BCUT2D eigenvalue weighted by Crippen LogP contribution is 2.32. The molecule has 1 amide bonds.